The van der Waals surface area contributed by atoms with Crippen molar-refractivity contribution >= 4 is 21.6 Å². The summed E-state index contributed by atoms with van der Waals surface area (Å²) in [4.78, 5) is 18.4. The Balaban J connectivity index is 1.53. The second kappa shape index (κ2) is 7.41. The fraction of sp³-hybridized carbons (Fsp3) is 0.250. The van der Waals surface area contributed by atoms with E-state index in [0.717, 1.165) is 17.7 Å². The number of benzene rings is 2. The second-order valence-electron chi connectivity index (χ2n) is 6.87. The molecule has 1 amide bonds. The number of aromatic nitrogens is 2. The molecule has 0 spiro atoms. The quantitative estimate of drug-likeness (QED) is 0.689. The first-order valence-corrected chi connectivity index (χ1v) is 10.6. The molecule has 9 heteroatoms. The summed E-state index contributed by atoms with van der Waals surface area (Å²) in [5.74, 6) is 0.407. The molecule has 0 atom stereocenters. The van der Waals surface area contributed by atoms with Crippen LogP contribution < -0.4 is 9.62 Å². The first kappa shape index (κ1) is 19.3. The van der Waals surface area contributed by atoms with Crippen molar-refractivity contribution in [1.29, 1.82) is 0 Å². The zero-order chi connectivity index (χ0) is 20.6. The number of nitrogens with one attached hydrogen (secondary N) is 1. The average Bonchev–Trinajstić information content (AvgIpc) is 3.33. The Labute approximate surface area is 168 Å². The maximum absolute atomic E-state index is 12.9. The lowest BCUT2D eigenvalue weighted by Gasteiger charge is -2.18. The summed E-state index contributed by atoms with van der Waals surface area (Å²) < 4.78 is 33.1. The molecular formula is C20H20N4O4S. The number of rotatable bonds is 5. The van der Waals surface area contributed by atoms with Crippen LogP contribution in [0.15, 0.2) is 51.9 Å². The van der Waals surface area contributed by atoms with Crippen molar-refractivity contribution in [3.05, 3.63) is 59.5 Å². The SMILES string of the molecule is Cc1nc(-c2ccc(C)c(S(=O)(=O)NCC(=O)N3CCc4ccccc43)c2)no1. The maximum atomic E-state index is 12.9. The number of fused-ring (bicyclic) bond motifs is 1. The number of hydrogen-bond donors (Lipinski definition) is 1. The van der Waals surface area contributed by atoms with E-state index in [1.54, 1.807) is 30.9 Å². The molecule has 4 rings (SSSR count). The molecule has 1 aliphatic heterocycles. The minimum absolute atomic E-state index is 0.0760. The predicted molar refractivity (Wildman–Crippen MR) is 107 cm³/mol. The van der Waals surface area contributed by atoms with Gasteiger partial charge in [0, 0.05) is 24.7 Å². The lowest BCUT2D eigenvalue weighted by Crippen LogP contribution is -2.39. The zero-order valence-electron chi connectivity index (χ0n) is 16.0. The van der Waals surface area contributed by atoms with E-state index < -0.39 is 10.0 Å². The molecule has 1 aromatic heterocycles. The second-order valence-corrected chi connectivity index (χ2v) is 8.60. The summed E-state index contributed by atoms with van der Waals surface area (Å²) in [7, 11) is -3.90. The summed E-state index contributed by atoms with van der Waals surface area (Å²) in [5.41, 5.74) is 3.00. The van der Waals surface area contributed by atoms with Gasteiger partial charge in [-0.3, -0.25) is 4.79 Å². The first-order valence-electron chi connectivity index (χ1n) is 9.14. The molecule has 29 heavy (non-hydrogen) atoms. The highest BCUT2D eigenvalue weighted by Crippen LogP contribution is 2.27. The minimum Gasteiger partial charge on any atom is -0.339 e. The van der Waals surface area contributed by atoms with Gasteiger partial charge >= 0.3 is 0 Å². The maximum Gasteiger partial charge on any atom is 0.242 e. The van der Waals surface area contributed by atoms with Crippen LogP contribution in [0, 0.1) is 13.8 Å². The largest absolute Gasteiger partial charge is 0.339 e. The Morgan fingerprint density at radius 1 is 1.21 bits per heavy atom. The molecule has 2 aromatic carbocycles. The van der Waals surface area contributed by atoms with Gasteiger partial charge in [-0.2, -0.15) is 4.98 Å². The number of aryl methyl sites for hydroxylation is 2. The van der Waals surface area contributed by atoms with E-state index >= 15 is 0 Å². The highest BCUT2D eigenvalue weighted by molar-refractivity contribution is 7.89. The van der Waals surface area contributed by atoms with E-state index in [1.807, 2.05) is 24.3 Å². The van der Waals surface area contributed by atoms with Gasteiger partial charge in [-0.25, -0.2) is 13.1 Å². The van der Waals surface area contributed by atoms with Gasteiger partial charge in [-0.05, 0) is 36.6 Å². The molecule has 1 N–H and O–H groups in total. The highest BCUT2D eigenvalue weighted by Gasteiger charge is 2.26. The van der Waals surface area contributed by atoms with Crippen molar-refractivity contribution in [3.63, 3.8) is 0 Å². The topological polar surface area (TPSA) is 105 Å². The monoisotopic (exact) mass is 412 g/mol. The molecule has 0 fully saturated rings. The molecule has 0 saturated carbocycles. The average molecular weight is 412 g/mol. The number of anilines is 1. The van der Waals surface area contributed by atoms with Gasteiger partial charge in [-0.1, -0.05) is 35.5 Å². The van der Waals surface area contributed by atoms with E-state index in [1.165, 1.54) is 6.07 Å². The fourth-order valence-corrected chi connectivity index (χ4v) is 4.62. The molecule has 0 saturated heterocycles. The summed E-state index contributed by atoms with van der Waals surface area (Å²) in [5, 5.41) is 3.82. The molecule has 1 aliphatic rings. The van der Waals surface area contributed by atoms with Crippen molar-refractivity contribution < 1.29 is 17.7 Å². The summed E-state index contributed by atoms with van der Waals surface area (Å²) in [6, 6.07) is 12.5. The predicted octanol–water partition coefficient (Wildman–Crippen LogP) is 2.22. The Morgan fingerprint density at radius 2 is 2.00 bits per heavy atom. The van der Waals surface area contributed by atoms with Crippen LogP contribution in [0.3, 0.4) is 0 Å². The van der Waals surface area contributed by atoms with E-state index in [9.17, 15) is 13.2 Å². The van der Waals surface area contributed by atoms with Gasteiger partial charge in [0.25, 0.3) is 0 Å². The molecule has 2 heterocycles. The Kier molecular flexibility index (Phi) is 4.93. The van der Waals surface area contributed by atoms with Crippen molar-refractivity contribution in [2.75, 3.05) is 18.0 Å². The molecule has 0 unspecified atom stereocenters. The van der Waals surface area contributed by atoms with E-state index in [-0.39, 0.29) is 17.3 Å². The van der Waals surface area contributed by atoms with Crippen LogP contribution in [0.2, 0.25) is 0 Å². The van der Waals surface area contributed by atoms with E-state index in [2.05, 4.69) is 14.9 Å². The van der Waals surface area contributed by atoms with Crippen molar-refractivity contribution in [2.24, 2.45) is 0 Å². The lowest BCUT2D eigenvalue weighted by molar-refractivity contribution is -0.117. The molecule has 0 aliphatic carbocycles. The van der Waals surface area contributed by atoms with Crippen molar-refractivity contribution in [2.45, 2.75) is 25.2 Å². The van der Waals surface area contributed by atoms with Crippen LogP contribution in [0.4, 0.5) is 5.69 Å². The minimum atomic E-state index is -3.90. The summed E-state index contributed by atoms with van der Waals surface area (Å²) >= 11 is 0. The Bertz CT molecular complexity index is 1190. The van der Waals surface area contributed by atoms with Crippen LogP contribution in [0.1, 0.15) is 17.0 Å². The molecule has 8 nitrogen and oxygen atoms in total. The first-order chi connectivity index (χ1) is 13.8. The third-order valence-electron chi connectivity index (χ3n) is 4.87. The van der Waals surface area contributed by atoms with E-state index in [0.29, 0.717) is 29.4 Å². The van der Waals surface area contributed by atoms with Crippen LogP contribution in [-0.2, 0) is 21.2 Å². The molecule has 150 valence electrons. The van der Waals surface area contributed by atoms with Gasteiger partial charge in [-0.15, -0.1) is 0 Å². The number of carbonyl (C=O) groups is 1. The Hall–Kier alpha value is -3.04. The number of amides is 1. The number of hydrogen-bond acceptors (Lipinski definition) is 6. The molecule has 3 aromatic rings. The van der Waals surface area contributed by atoms with Gasteiger partial charge in [0.1, 0.15) is 0 Å². The standard InChI is InChI=1S/C20H20N4O4S/c1-13-7-8-16(20-22-14(2)28-23-20)11-18(13)29(26,27)21-12-19(25)24-10-9-15-5-3-4-6-17(15)24/h3-8,11,21H,9-10,12H2,1-2H3. The normalized spacial score (nSPS) is 13.5. The van der Waals surface area contributed by atoms with Gasteiger partial charge in [0.05, 0.1) is 11.4 Å². The third-order valence-corrected chi connectivity index (χ3v) is 6.41. The molecule has 0 bridgehead atoms. The van der Waals surface area contributed by atoms with Crippen LogP contribution in [0.25, 0.3) is 11.4 Å². The van der Waals surface area contributed by atoms with Crippen molar-refractivity contribution in [3.8, 4) is 11.4 Å². The van der Waals surface area contributed by atoms with Crippen LogP contribution in [0.5, 0.6) is 0 Å². The number of carbonyl (C=O) groups excluding carboxylic acids is 1. The highest BCUT2D eigenvalue weighted by atomic mass is 32.2. The van der Waals surface area contributed by atoms with Crippen molar-refractivity contribution in [1.82, 2.24) is 14.9 Å². The zero-order valence-corrected chi connectivity index (χ0v) is 16.9. The van der Waals surface area contributed by atoms with Gasteiger partial charge < -0.3 is 9.42 Å². The number of para-hydroxylation sites is 1. The van der Waals surface area contributed by atoms with Gasteiger partial charge in [0.15, 0.2) is 0 Å². The smallest absolute Gasteiger partial charge is 0.242 e. The van der Waals surface area contributed by atoms with E-state index in [4.69, 9.17) is 4.52 Å². The summed E-state index contributed by atoms with van der Waals surface area (Å²) in [6.07, 6.45) is 0.764. The lowest BCUT2D eigenvalue weighted by atomic mass is 10.1. The number of nitrogens with zero attached hydrogens (tertiary/aromatic N) is 3. The number of sulfonamides is 1. The third kappa shape index (κ3) is 3.79. The van der Waals surface area contributed by atoms with Crippen LogP contribution in [-0.4, -0.2) is 37.6 Å². The summed E-state index contributed by atoms with van der Waals surface area (Å²) in [6.45, 7) is 3.58. The fourth-order valence-electron chi connectivity index (χ4n) is 3.37. The molecular weight excluding hydrogens is 392 g/mol. The Morgan fingerprint density at radius 3 is 2.76 bits per heavy atom. The van der Waals surface area contributed by atoms with Gasteiger partial charge in [0.2, 0.25) is 27.6 Å². The molecule has 0 radical (unpaired) electrons. The van der Waals surface area contributed by atoms with Crippen LogP contribution >= 0.6 is 0 Å².